The highest BCUT2D eigenvalue weighted by Gasteiger charge is 2.31. The van der Waals surface area contributed by atoms with E-state index in [0.717, 1.165) is 0 Å². The Hall–Kier alpha value is -2.77. The van der Waals surface area contributed by atoms with Crippen LogP contribution in [0.25, 0.3) is 0 Å². The van der Waals surface area contributed by atoms with Gasteiger partial charge in [0.25, 0.3) is 0 Å². The standard InChI is InChI=1S/C18H34N6O7/c1-9(2)14(18(30)31)24-17(29)12(8-25)23-16(28)11(5-3-4-6-19)22-15(27)10(20)7-13(21)26/h9-12,14,25H,3-8,19-20H2,1-2H3,(H2,21,26)(H,22,27)(H,23,28)(H,24,29)(H,30,31). The van der Waals surface area contributed by atoms with Gasteiger partial charge in [0.2, 0.25) is 23.6 Å². The maximum atomic E-state index is 12.6. The van der Waals surface area contributed by atoms with Crippen LogP contribution in [0.4, 0.5) is 0 Å². The molecule has 0 heterocycles. The highest BCUT2D eigenvalue weighted by atomic mass is 16.4. The molecule has 0 fully saturated rings. The number of carboxylic acids is 1. The molecule has 0 radical (unpaired) electrons. The van der Waals surface area contributed by atoms with E-state index in [9.17, 15) is 34.2 Å². The quantitative estimate of drug-likeness (QED) is 0.116. The van der Waals surface area contributed by atoms with E-state index < -0.39 is 72.7 Å². The van der Waals surface area contributed by atoms with Crippen molar-refractivity contribution in [2.75, 3.05) is 13.2 Å². The topological polar surface area (TPSA) is 240 Å². The molecule has 13 heteroatoms. The van der Waals surface area contributed by atoms with E-state index >= 15 is 0 Å². The first kappa shape index (κ1) is 28.2. The predicted molar refractivity (Wildman–Crippen MR) is 110 cm³/mol. The van der Waals surface area contributed by atoms with Gasteiger partial charge >= 0.3 is 5.97 Å². The van der Waals surface area contributed by atoms with Crippen molar-refractivity contribution in [3.63, 3.8) is 0 Å². The van der Waals surface area contributed by atoms with Gasteiger partial charge in [-0.25, -0.2) is 4.79 Å². The van der Waals surface area contributed by atoms with Gasteiger partial charge in [0, 0.05) is 0 Å². The van der Waals surface area contributed by atoms with Crippen LogP contribution < -0.4 is 33.2 Å². The first-order chi connectivity index (χ1) is 14.4. The third kappa shape index (κ3) is 10.7. The second-order valence-corrected chi connectivity index (χ2v) is 7.43. The number of carbonyl (C=O) groups excluding carboxylic acids is 4. The Morgan fingerprint density at radius 1 is 0.903 bits per heavy atom. The van der Waals surface area contributed by atoms with Crippen molar-refractivity contribution >= 4 is 29.6 Å². The summed E-state index contributed by atoms with van der Waals surface area (Å²) >= 11 is 0. The number of carbonyl (C=O) groups is 5. The zero-order valence-electron chi connectivity index (χ0n) is 17.8. The van der Waals surface area contributed by atoms with E-state index in [1.165, 1.54) is 0 Å². The van der Waals surface area contributed by atoms with Crippen molar-refractivity contribution in [2.24, 2.45) is 23.1 Å². The Morgan fingerprint density at radius 2 is 1.45 bits per heavy atom. The lowest BCUT2D eigenvalue weighted by molar-refractivity contribution is -0.143. The van der Waals surface area contributed by atoms with Gasteiger partial charge in [-0.1, -0.05) is 13.8 Å². The van der Waals surface area contributed by atoms with Crippen LogP contribution in [0.15, 0.2) is 0 Å². The first-order valence-electron chi connectivity index (χ1n) is 9.93. The molecule has 4 unspecified atom stereocenters. The largest absolute Gasteiger partial charge is 0.480 e. The summed E-state index contributed by atoms with van der Waals surface area (Å²) in [7, 11) is 0. The smallest absolute Gasteiger partial charge is 0.326 e. The Morgan fingerprint density at radius 3 is 1.90 bits per heavy atom. The molecule has 178 valence electrons. The minimum absolute atomic E-state index is 0.154. The number of nitrogens with two attached hydrogens (primary N) is 3. The third-order valence-electron chi connectivity index (χ3n) is 4.38. The molecule has 0 aliphatic carbocycles. The van der Waals surface area contributed by atoms with E-state index in [4.69, 9.17) is 17.2 Å². The molecule has 0 spiro atoms. The van der Waals surface area contributed by atoms with Gasteiger partial charge in [-0.2, -0.15) is 0 Å². The lowest BCUT2D eigenvalue weighted by atomic mass is 10.0. The normalized spacial score (nSPS) is 14.8. The minimum Gasteiger partial charge on any atom is -0.480 e. The molecule has 0 aromatic rings. The maximum Gasteiger partial charge on any atom is 0.326 e. The van der Waals surface area contributed by atoms with Crippen LogP contribution in [0.3, 0.4) is 0 Å². The highest BCUT2D eigenvalue weighted by Crippen LogP contribution is 2.05. The minimum atomic E-state index is -1.44. The predicted octanol–water partition coefficient (Wildman–Crippen LogP) is -3.49. The molecule has 0 aliphatic heterocycles. The van der Waals surface area contributed by atoms with E-state index in [2.05, 4.69) is 16.0 Å². The van der Waals surface area contributed by atoms with Crippen LogP contribution in [0.2, 0.25) is 0 Å². The number of primary amides is 1. The number of nitrogens with one attached hydrogen (secondary N) is 3. The van der Waals surface area contributed by atoms with E-state index in [1.807, 2.05) is 0 Å². The van der Waals surface area contributed by atoms with E-state index in [-0.39, 0.29) is 6.42 Å². The van der Waals surface area contributed by atoms with Gasteiger partial charge in [0.1, 0.15) is 18.1 Å². The fourth-order valence-corrected chi connectivity index (χ4v) is 2.58. The molecule has 0 rings (SSSR count). The van der Waals surface area contributed by atoms with Crippen molar-refractivity contribution in [2.45, 2.75) is 63.7 Å². The molecule has 0 saturated heterocycles. The summed E-state index contributed by atoms with van der Waals surface area (Å²) < 4.78 is 0. The fourth-order valence-electron chi connectivity index (χ4n) is 2.58. The molecule has 4 amide bonds. The Kier molecular flexibility index (Phi) is 13.0. The molecule has 0 aliphatic rings. The summed E-state index contributed by atoms with van der Waals surface area (Å²) in [6.45, 7) is 2.73. The average Bonchev–Trinajstić information content (AvgIpc) is 2.67. The molecule has 0 saturated carbocycles. The molecule has 11 N–H and O–H groups in total. The molecule has 31 heavy (non-hydrogen) atoms. The second kappa shape index (κ2) is 14.3. The lowest BCUT2D eigenvalue weighted by Gasteiger charge is -2.25. The SMILES string of the molecule is CC(C)C(NC(=O)C(CO)NC(=O)C(CCCCN)NC(=O)C(N)CC(N)=O)C(=O)O. The number of aliphatic hydroxyl groups is 1. The molecule has 13 nitrogen and oxygen atoms in total. The van der Waals surface area contributed by atoms with Gasteiger partial charge < -0.3 is 43.4 Å². The van der Waals surface area contributed by atoms with Crippen molar-refractivity contribution < 1.29 is 34.2 Å². The van der Waals surface area contributed by atoms with Gasteiger partial charge in [-0.3, -0.25) is 19.2 Å². The number of amides is 4. The number of carboxylic acid groups (broad SMARTS) is 1. The zero-order valence-corrected chi connectivity index (χ0v) is 17.8. The summed E-state index contributed by atoms with van der Waals surface area (Å²) in [6, 6.07) is -5.05. The van der Waals surface area contributed by atoms with Crippen LogP contribution in [0.1, 0.15) is 39.5 Å². The maximum absolute atomic E-state index is 12.6. The molecule has 0 aromatic heterocycles. The van der Waals surface area contributed by atoms with Gasteiger partial charge in [0.15, 0.2) is 0 Å². The Balaban J connectivity index is 5.25. The first-order valence-corrected chi connectivity index (χ1v) is 9.93. The number of hydrogen-bond acceptors (Lipinski definition) is 8. The van der Waals surface area contributed by atoms with Crippen molar-refractivity contribution in [3.8, 4) is 0 Å². The van der Waals surface area contributed by atoms with Crippen LogP contribution in [-0.4, -0.2) is 77.1 Å². The van der Waals surface area contributed by atoms with Crippen molar-refractivity contribution in [3.05, 3.63) is 0 Å². The highest BCUT2D eigenvalue weighted by molar-refractivity contribution is 5.95. The zero-order chi connectivity index (χ0) is 24.1. The van der Waals surface area contributed by atoms with Crippen molar-refractivity contribution in [1.82, 2.24) is 16.0 Å². The summed E-state index contributed by atoms with van der Waals surface area (Å²) in [5, 5.41) is 25.6. The van der Waals surface area contributed by atoms with Crippen LogP contribution in [0, 0.1) is 5.92 Å². The van der Waals surface area contributed by atoms with Gasteiger partial charge in [-0.15, -0.1) is 0 Å². The summed E-state index contributed by atoms with van der Waals surface area (Å²) in [4.78, 5) is 59.4. The van der Waals surface area contributed by atoms with E-state index in [1.54, 1.807) is 13.8 Å². The summed E-state index contributed by atoms with van der Waals surface area (Å²) in [5.41, 5.74) is 16.0. The number of unbranched alkanes of at least 4 members (excludes halogenated alkanes) is 1. The number of hydrogen-bond donors (Lipinski definition) is 8. The molecule has 4 atom stereocenters. The average molecular weight is 447 g/mol. The van der Waals surface area contributed by atoms with Crippen molar-refractivity contribution in [1.29, 1.82) is 0 Å². The second-order valence-electron chi connectivity index (χ2n) is 7.43. The molecule has 0 aromatic carbocycles. The van der Waals surface area contributed by atoms with Crippen LogP contribution in [-0.2, 0) is 24.0 Å². The third-order valence-corrected chi connectivity index (χ3v) is 4.38. The number of aliphatic carboxylic acids is 1. The van der Waals surface area contributed by atoms with E-state index in [0.29, 0.717) is 19.4 Å². The molecule has 0 bridgehead atoms. The monoisotopic (exact) mass is 446 g/mol. The van der Waals surface area contributed by atoms with Crippen LogP contribution >= 0.6 is 0 Å². The summed E-state index contributed by atoms with van der Waals surface area (Å²) in [6.07, 6.45) is 0.758. The Bertz CT molecular complexity index is 643. The lowest BCUT2D eigenvalue weighted by Crippen LogP contribution is -2.58. The number of rotatable bonds is 15. The van der Waals surface area contributed by atoms with Gasteiger partial charge in [0.05, 0.1) is 19.1 Å². The Labute approximate surface area is 180 Å². The summed E-state index contributed by atoms with van der Waals surface area (Å²) in [5.74, 6) is -4.96. The van der Waals surface area contributed by atoms with Crippen LogP contribution in [0.5, 0.6) is 0 Å². The molecular formula is C18H34N6O7. The van der Waals surface area contributed by atoms with Gasteiger partial charge in [-0.05, 0) is 31.7 Å². The number of aliphatic hydroxyl groups excluding tert-OH is 1. The fraction of sp³-hybridized carbons (Fsp3) is 0.722. The molecular weight excluding hydrogens is 412 g/mol.